The summed E-state index contributed by atoms with van der Waals surface area (Å²) < 4.78 is 2.02. The predicted molar refractivity (Wildman–Crippen MR) is 82.1 cm³/mol. The van der Waals surface area contributed by atoms with E-state index >= 15 is 0 Å². The molecule has 0 spiro atoms. The first kappa shape index (κ1) is 13.2. The number of hydrogen-bond donors (Lipinski definition) is 0. The normalized spacial score (nSPS) is 27.3. The van der Waals surface area contributed by atoms with Gasteiger partial charge in [0.1, 0.15) is 0 Å². The van der Waals surface area contributed by atoms with E-state index in [-0.39, 0.29) is 0 Å². The maximum atomic E-state index is 4.66. The second kappa shape index (κ2) is 5.39. The zero-order valence-corrected chi connectivity index (χ0v) is 12.6. The lowest BCUT2D eigenvalue weighted by molar-refractivity contribution is 0.0430. The highest BCUT2D eigenvalue weighted by atomic mass is 15.3. The van der Waals surface area contributed by atoms with Crippen molar-refractivity contribution in [3.05, 3.63) is 30.4 Å². The molecular weight excluding hydrogens is 262 g/mol. The maximum absolute atomic E-state index is 4.66. The van der Waals surface area contributed by atoms with Crippen molar-refractivity contribution >= 4 is 5.78 Å². The van der Waals surface area contributed by atoms with Crippen LogP contribution in [0.1, 0.15) is 31.9 Å². The molecule has 5 heteroatoms. The molecule has 0 aliphatic carbocycles. The van der Waals surface area contributed by atoms with Gasteiger partial charge in [0.15, 0.2) is 0 Å². The van der Waals surface area contributed by atoms with Crippen LogP contribution in [0.3, 0.4) is 0 Å². The second-order valence-corrected chi connectivity index (χ2v) is 6.34. The molecule has 4 rings (SSSR count). The van der Waals surface area contributed by atoms with Crippen molar-refractivity contribution in [1.82, 2.24) is 24.2 Å². The van der Waals surface area contributed by atoms with Gasteiger partial charge in [0, 0.05) is 50.3 Å². The van der Waals surface area contributed by atoms with E-state index in [4.69, 9.17) is 0 Å². The summed E-state index contributed by atoms with van der Waals surface area (Å²) in [6.07, 6.45) is 9.89. The molecular formula is C16H23N5. The number of hydrogen-bond acceptors (Lipinski definition) is 4. The molecule has 2 saturated heterocycles. The van der Waals surface area contributed by atoms with Gasteiger partial charge in [0.2, 0.25) is 5.78 Å². The van der Waals surface area contributed by atoms with Gasteiger partial charge in [-0.1, -0.05) is 6.92 Å². The van der Waals surface area contributed by atoms with Crippen molar-refractivity contribution < 1.29 is 0 Å². The molecule has 0 unspecified atom stereocenters. The fraction of sp³-hybridized carbons (Fsp3) is 0.625. The average Bonchev–Trinajstić information content (AvgIpc) is 3.11. The Balaban J connectivity index is 1.54. The Morgan fingerprint density at radius 1 is 1.33 bits per heavy atom. The number of rotatable bonds is 3. The number of imidazole rings is 1. The fourth-order valence-corrected chi connectivity index (χ4v) is 3.89. The Morgan fingerprint density at radius 3 is 3.14 bits per heavy atom. The Morgan fingerprint density at radius 2 is 2.29 bits per heavy atom. The van der Waals surface area contributed by atoms with Crippen LogP contribution < -0.4 is 0 Å². The molecule has 0 saturated carbocycles. The first-order valence-corrected chi connectivity index (χ1v) is 8.10. The third-order valence-electron chi connectivity index (χ3n) is 5.03. The highest BCUT2D eigenvalue weighted by molar-refractivity contribution is 5.29. The maximum Gasteiger partial charge on any atom is 0.233 e. The van der Waals surface area contributed by atoms with E-state index in [0.717, 1.165) is 24.1 Å². The van der Waals surface area contributed by atoms with E-state index in [1.165, 1.54) is 38.9 Å². The molecule has 4 heterocycles. The molecule has 0 aromatic carbocycles. The Labute approximate surface area is 125 Å². The van der Waals surface area contributed by atoms with E-state index < -0.39 is 0 Å². The molecule has 2 fully saturated rings. The van der Waals surface area contributed by atoms with Crippen LogP contribution in [-0.2, 0) is 6.54 Å². The van der Waals surface area contributed by atoms with Gasteiger partial charge in [-0.05, 0) is 31.9 Å². The molecule has 2 aliphatic heterocycles. The van der Waals surface area contributed by atoms with Crippen molar-refractivity contribution in [3.8, 4) is 0 Å². The number of fused-ring (bicyclic) bond motifs is 2. The van der Waals surface area contributed by atoms with E-state index in [1.54, 1.807) is 6.20 Å². The summed E-state index contributed by atoms with van der Waals surface area (Å²) in [6, 6.07) is 3.38. The standard InChI is InChI=1S/C16H23N5/c1-2-14-11-19-7-3-5-15(19)12-21(14)10-13-9-20-8-4-6-17-16(20)18-13/h4,6,8-9,14-15H,2-3,5,7,10-12H2,1H3/t14-,15+/m1/s1. The van der Waals surface area contributed by atoms with E-state index in [1.807, 2.05) is 16.7 Å². The molecule has 21 heavy (non-hydrogen) atoms. The summed E-state index contributed by atoms with van der Waals surface area (Å²) in [7, 11) is 0. The number of nitrogens with zero attached hydrogens (tertiary/aromatic N) is 5. The molecule has 0 amide bonds. The van der Waals surface area contributed by atoms with Crippen molar-refractivity contribution in [2.75, 3.05) is 19.6 Å². The zero-order valence-electron chi connectivity index (χ0n) is 12.6. The minimum absolute atomic E-state index is 0.664. The lowest BCUT2D eigenvalue weighted by Crippen LogP contribution is -2.55. The Bertz CT molecular complexity index is 589. The van der Waals surface area contributed by atoms with Gasteiger partial charge in [0.25, 0.3) is 0 Å². The fourth-order valence-electron chi connectivity index (χ4n) is 3.89. The van der Waals surface area contributed by atoms with Crippen molar-refractivity contribution in [2.45, 2.75) is 44.8 Å². The van der Waals surface area contributed by atoms with E-state index in [2.05, 4.69) is 32.9 Å². The second-order valence-electron chi connectivity index (χ2n) is 6.34. The molecule has 2 aromatic heterocycles. The minimum Gasteiger partial charge on any atom is -0.298 e. The van der Waals surface area contributed by atoms with Crippen molar-refractivity contribution in [2.24, 2.45) is 0 Å². The number of piperazine rings is 1. The topological polar surface area (TPSA) is 36.7 Å². The molecule has 0 bridgehead atoms. The van der Waals surface area contributed by atoms with Crippen LogP contribution in [0.25, 0.3) is 5.78 Å². The molecule has 0 N–H and O–H groups in total. The van der Waals surface area contributed by atoms with Gasteiger partial charge in [-0.3, -0.25) is 14.2 Å². The van der Waals surface area contributed by atoms with Gasteiger partial charge in [-0.15, -0.1) is 0 Å². The highest BCUT2D eigenvalue weighted by Crippen LogP contribution is 2.26. The van der Waals surface area contributed by atoms with Crippen LogP contribution in [0.2, 0.25) is 0 Å². The van der Waals surface area contributed by atoms with Crippen LogP contribution in [-0.4, -0.2) is 55.9 Å². The molecule has 2 atom stereocenters. The van der Waals surface area contributed by atoms with E-state index in [0.29, 0.717) is 6.04 Å². The zero-order chi connectivity index (χ0) is 14.2. The van der Waals surface area contributed by atoms with Crippen LogP contribution in [0.5, 0.6) is 0 Å². The Hall–Kier alpha value is -1.46. The van der Waals surface area contributed by atoms with Crippen LogP contribution in [0.15, 0.2) is 24.7 Å². The third kappa shape index (κ3) is 2.45. The quantitative estimate of drug-likeness (QED) is 0.861. The summed E-state index contributed by atoms with van der Waals surface area (Å²) in [5, 5.41) is 0. The van der Waals surface area contributed by atoms with Crippen LogP contribution in [0, 0.1) is 0 Å². The first-order chi connectivity index (χ1) is 10.3. The van der Waals surface area contributed by atoms with E-state index in [9.17, 15) is 0 Å². The van der Waals surface area contributed by atoms with Gasteiger partial charge >= 0.3 is 0 Å². The molecule has 5 nitrogen and oxygen atoms in total. The largest absolute Gasteiger partial charge is 0.298 e. The number of aromatic nitrogens is 3. The van der Waals surface area contributed by atoms with Gasteiger partial charge in [-0.25, -0.2) is 9.97 Å². The van der Waals surface area contributed by atoms with Gasteiger partial charge in [-0.2, -0.15) is 0 Å². The highest BCUT2D eigenvalue weighted by Gasteiger charge is 2.35. The summed E-state index contributed by atoms with van der Waals surface area (Å²) in [6.45, 7) is 6.98. The first-order valence-electron chi connectivity index (χ1n) is 8.10. The monoisotopic (exact) mass is 285 g/mol. The molecule has 0 radical (unpaired) electrons. The molecule has 112 valence electrons. The lowest BCUT2D eigenvalue weighted by atomic mass is 10.0. The van der Waals surface area contributed by atoms with Crippen molar-refractivity contribution in [1.29, 1.82) is 0 Å². The average molecular weight is 285 g/mol. The van der Waals surface area contributed by atoms with Crippen molar-refractivity contribution in [3.63, 3.8) is 0 Å². The van der Waals surface area contributed by atoms with Gasteiger partial charge < -0.3 is 0 Å². The smallest absolute Gasteiger partial charge is 0.233 e. The summed E-state index contributed by atoms with van der Waals surface area (Å²) >= 11 is 0. The summed E-state index contributed by atoms with van der Waals surface area (Å²) in [5.41, 5.74) is 1.14. The summed E-state index contributed by atoms with van der Waals surface area (Å²) in [4.78, 5) is 14.3. The molecule has 2 aromatic rings. The Kier molecular flexibility index (Phi) is 3.39. The third-order valence-corrected chi connectivity index (χ3v) is 5.03. The van der Waals surface area contributed by atoms with Gasteiger partial charge in [0.05, 0.1) is 5.69 Å². The molecule has 2 aliphatic rings. The lowest BCUT2D eigenvalue weighted by Gasteiger charge is -2.43. The van der Waals surface area contributed by atoms with Crippen LogP contribution in [0.4, 0.5) is 0 Å². The SMILES string of the molecule is CC[C@@H]1CN2CCC[C@H]2CN1Cc1cn2cccnc2n1. The van der Waals surface area contributed by atoms with Crippen LogP contribution >= 0.6 is 0 Å². The summed E-state index contributed by atoms with van der Waals surface area (Å²) in [5.74, 6) is 0.806. The minimum atomic E-state index is 0.664. The predicted octanol–water partition coefficient (Wildman–Crippen LogP) is 1.79.